The van der Waals surface area contributed by atoms with Crippen LogP contribution in [0.5, 0.6) is 0 Å². The molecule has 0 spiro atoms. The van der Waals surface area contributed by atoms with Gasteiger partial charge >= 0.3 is 0 Å². The number of furan rings is 1. The van der Waals surface area contributed by atoms with Crippen LogP contribution in [0.4, 0.5) is 0 Å². The van der Waals surface area contributed by atoms with Gasteiger partial charge in [-0.2, -0.15) is 5.10 Å². The molecule has 2 atom stereocenters. The lowest BCUT2D eigenvalue weighted by atomic mass is 9.90. The van der Waals surface area contributed by atoms with Crippen molar-refractivity contribution in [1.82, 2.24) is 14.7 Å². The highest BCUT2D eigenvalue weighted by Gasteiger charge is 2.40. The van der Waals surface area contributed by atoms with Gasteiger partial charge in [0.05, 0.1) is 17.7 Å². The van der Waals surface area contributed by atoms with Crippen LogP contribution in [0.15, 0.2) is 22.9 Å². The molecular formula is C16H20N4O3. The van der Waals surface area contributed by atoms with E-state index in [9.17, 15) is 9.59 Å². The Morgan fingerprint density at radius 2 is 2.09 bits per heavy atom. The minimum Gasteiger partial charge on any atom is -0.466 e. The van der Waals surface area contributed by atoms with E-state index in [1.54, 1.807) is 35.7 Å². The second-order valence-electron chi connectivity index (χ2n) is 6.10. The molecule has 0 unspecified atom stereocenters. The number of primary amides is 1. The quantitative estimate of drug-likeness (QED) is 0.913. The van der Waals surface area contributed by atoms with E-state index in [-0.39, 0.29) is 11.8 Å². The monoisotopic (exact) mass is 316 g/mol. The summed E-state index contributed by atoms with van der Waals surface area (Å²) < 4.78 is 7.11. The van der Waals surface area contributed by atoms with Crippen LogP contribution in [0.25, 0.3) is 0 Å². The van der Waals surface area contributed by atoms with Gasteiger partial charge in [0.2, 0.25) is 5.91 Å². The zero-order chi connectivity index (χ0) is 16.7. The Labute approximate surface area is 134 Å². The molecule has 0 bridgehead atoms. The van der Waals surface area contributed by atoms with Gasteiger partial charge in [0.25, 0.3) is 5.91 Å². The Morgan fingerprint density at radius 3 is 2.61 bits per heavy atom. The van der Waals surface area contributed by atoms with Gasteiger partial charge in [0, 0.05) is 32.3 Å². The fourth-order valence-corrected chi connectivity index (χ4v) is 3.24. The Bertz CT molecular complexity index is 761. The highest BCUT2D eigenvalue weighted by molar-refractivity contribution is 5.96. The molecule has 7 nitrogen and oxygen atoms in total. The average Bonchev–Trinajstić information content (AvgIpc) is 3.16. The van der Waals surface area contributed by atoms with Crippen LogP contribution in [0.3, 0.4) is 0 Å². The molecule has 1 aliphatic rings. The molecule has 7 heteroatoms. The van der Waals surface area contributed by atoms with Crippen molar-refractivity contribution in [2.24, 2.45) is 18.7 Å². The van der Waals surface area contributed by atoms with Crippen LogP contribution in [0.1, 0.15) is 33.4 Å². The van der Waals surface area contributed by atoms with E-state index in [2.05, 4.69) is 5.10 Å². The molecule has 1 fully saturated rings. The molecule has 0 saturated carbocycles. The SMILES string of the molecule is Cc1cc(C(=O)N2C[C@H](C(N)=O)[C@@H](c3cnn(C)c3)C2)c(C)o1. The van der Waals surface area contributed by atoms with Gasteiger partial charge < -0.3 is 15.1 Å². The molecule has 0 radical (unpaired) electrons. The summed E-state index contributed by atoms with van der Waals surface area (Å²) in [7, 11) is 1.82. The predicted octanol–water partition coefficient (Wildman–Crippen LogP) is 0.971. The summed E-state index contributed by atoms with van der Waals surface area (Å²) in [6, 6.07) is 1.73. The number of likely N-dealkylation sites (tertiary alicyclic amines) is 1. The number of nitrogens with zero attached hydrogens (tertiary/aromatic N) is 3. The summed E-state index contributed by atoms with van der Waals surface area (Å²) in [6.45, 7) is 4.33. The van der Waals surface area contributed by atoms with Gasteiger partial charge in [-0.05, 0) is 25.5 Å². The molecule has 23 heavy (non-hydrogen) atoms. The maximum atomic E-state index is 12.7. The van der Waals surface area contributed by atoms with Crippen molar-refractivity contribution in [3.8, 4) is 0 Å². The first-order valence-electron chi connectivity index (χ1n) is 7.51. The summed E-state index contributed by atoms with van der Waals surface area (Å²) in [4.78, 5) is 26.2. The Morgan fingerprint density at radius 1 is 1.35 bits per heavy atom. The molecular weight excluding hydrogens is 296 g/mol. The molecule has 2 amide bonds. The molecule has 2 aromatic rings. The molecule has 1 saturated heterocycles. The van der Waals surface area contributed by atoms with E-state index < -0.39 is 11.8 Å². The van der Waals surface area contributed by atoms with Crippen LogP contribution in [0.2, 0.25) is 0 Å². The third-order valence-corrected chi connectivity index (χ3v) is 4.40. The van der Waals surface area contributed by atoms with Crippen molar-refractivity contribution >= 4 is 11.8 Å². The van der Waals surface area contributed by atoms with Gasteiger partial charge in [-0.1, -0.05) is 0 Å². The van der Waals surface area contributed by atoms with Crippen LogP contribution in [0, 0.1) is 19.8 Å². The lowest BCUT2D eigenvalue weighted by Gasteiger charge is -2.15. The normalized spacial score (nSPS) is 20.9. The number of carbonyl (C=O) groups excluding carboxylic acids is 2. The molecule has 3 rings (SSSR count). The first-order valence-corrected chi connectivity index (χ1v) is 7.51. The summed E-state index contributed by atoms with van der Waals surface area (Å²) in [5, 5.41) is 4.15. The second kappa shape index (κ2) is 5.57. The van der Waals surface area contributed by atoms with Crippen LogP contribution < -0.4 is 5.73 Å². The molecule has 1 aliphatic heterocycles. The van der Waals surface area contributed by atoms with Crippen molar-refractivity contribution in [2.75, 3.05) is 13.1 Å². The molecule has 0 aromatic carbocycles. The highest BCUT2D eigenvalue weighted by Crippen LogP contribution is 2.33. The van der Waals surface area contributed by atoms with E-state index in [1.807, 2.05) is 13.2 Å². The van der Waals surface area contributed by atoms with Crippen LogP contribution in [-0.2, 0) is 11.8 Å². The van der Waals surface area contributed by atoms with Crippen molar-refractivity contribution in [1.29, 1.82) is 0 Å². The first kappa shape index (κ1) is 15.3. The van der Waals surface area contributed by atoms with Crippen LogP contribution in [-0.4, -0.2) is 39.6 Å². The van der Waals surface area contributed by atoms with E-state index in [1.165, 1.54) is 0 Å². The number of nitrogens with two attached hydrogens (primary N) is 1. The molecule has 2 N–H and O–H groups in total. The maximum absolute atomic E-state index is 12.7. The van der Waals surface area contributed by atoms with Gasteiger partial charge in [0.1, 0.15) is 11.5 Å². The lowest BCUT2D eigenvalue weighted by Crippen LogP contribution is -2.32. The van der Waals surface area contributed by atoms with Crippen molar-refractivity contribution in [3.05, 3.63) is 41.1 Å². The summed E-state index contributed by atoms with van der Waals surface area (Å²) in [5.41, 5.74) is 7.01. The number of aryl methyl sites for hydroxylation is 3. The van der Waals surface area contributed by atoms with Crippen molar-refractivity contribution in [3.63, 3.8) is 0 Å². The standard InChI is InChI=1S/C16H20N4O3/c1-9-4-12(10(2)23-9)16(22)20-7-13(14(8-20)15(17)21)11-5-18-19(3)6-11/h4-6,13-14H,7-8H2,1-3H3,(H2,17,21)/t13-,14+/m1/s1. The largest absolute Gasteiger partial charge is 0.466 e. The van der Waals surface area contributed by atoms with Gasteiger partial charge in [-0.15, -0.1) is 0 Å². The zero-order valence-electron chi connectivity index (χ0n) is 13.4. The summed E-state index contributed by atoms with van der Waals surface area (Å²) in [6.07, 6.45) is 3.59. The van der Waals surface area contributed by atoms with E-state index in [0.29, 0.717) is 30.2 Å². The number of aromatic nitrogens is 2. The van der Waals surface area contributed by atoms with Gasteiger partial charge in [-0.25, -0.2) is 0 Å². The minimum atomic E-state index is -0.406. The van der Waals surface area contributed by atoms with Crippen molar-refractivity contribution < 1.29 is 14.0 Å². The number of carbonyl (C=O) groups is 2. The second-order valence-corrected chi connectivity index (χ2v) is 6.10. The molecule has 3 heterocycles. The minimum absolute atomic E-state index is 0.126. The Hall–Kier alpha value is -2.57. The third-order valence-electron chi connectivity index (χ3n) is 4.40. The fourth-order valence-electron chi connectivity index (χ4n) is 3.24. The zero-order valence-corrected chi connectivity index (χ0v) is 13.4. The summed E-state index contributed by atoms with van der Waals surface area (Å²) >= 11 is 0. The predicted molar refractivity (Wildman–Crippen MR) is 82.7 cm³/mol. The first-order chi connectivity index (χ1) is 10.9. The number of hydrogen-bond donors (Lipinski definition) is 1. The maximum Gasteiger partial charge on any atom is 0.257 e. The highest BCUT2D eigenvalue weighted by atomic mass is 16.3. The summed E-state index contributed by atoms with van der Waals surface area (Å²) in [5.74, 6) is 0.231. The fraction of sp³-hybridized carbons (Fsp3) is 0.438. The van der Waals surface area contributed by atoms with E-state index >= 15 is 0 Å². The van der Waals surface area contributed by atoms with Gasteiger partial charge in [0.15, 0.2) is 0 Å². The van der Waals surface area contributed by atoms with Crippen LogP contribution >= 0.6 is 0 Å². The smallest absolute Gasteiger partial charge is 0.257 e. The van der Waals surface area contributed by atoms with E-state index in [4.69, 9.17) is 10.2 Å². The van der Waals surface area contributed by atoms with Gasteiger partial charge in [-0.3, -0.25) is 14.3 Å². The number of rotatable bonds is 3. The topological polar surface area (TPSA) is 94.4 Å². The Balaban J connectivity index is 1.87. The Kier molecular flexibility index (Phi) is 3.71. The molecule has 2 aromatic heterocycles. The lowest BCUT2D eigenvalue weighted by molar-refractivity contribution is -0.121. The van der Waals surface area contributed by atoms with Crippen molar-refractivity contribution in [2.45, 2.75) is 19.8 Å². The number of hydrogen-bond acceptors (Lipinski definition) is 4. The number of amides is 2. The third kappa shape index (κ3) is 2.74. The average molecular weight is 316 g/mol. The molecule has 122 valence electrons. The van der Waals surface area contributed by atoms with E-state index in [0.717, 1.165) is 5.56 Å². The molecule has 0 aliphatic carbocycles.